The third kappa shape index (κ3) is 5.95. The van der Waals surface area contributed by atoms with Crippen molar-refractivity contribution < 1.29 is 13.2 Å². The SMILES string of the molecule is Cc1ccc(S(=O)(=O)N2CCN(C(=O)CSC/C=C/c3ccccc3)CC2)cc1. The lowest BCUT2D eigenvalue weighted by atomic mass is 10.2. The lowest BCUT2D eigenvalue weighted by Gasteiger charge is -2.34. The number of aryl methyl sites for hydroxylation is 1. The third-order valence-corrected chi connectivity index (χ3v) is 7.59. The van der Waals surface area contributed by atoms with Gasteiger partial charge in [-0.15, -0.1) is 11.8 Å². The molecule has 0 spiro atoms. The van der Waals surface area contributed by atoms with Gasteiger partial charge in [-0.2, -0.15) is 4.31 Å². The van der Waals surface area contributed by atoms with E-state index >= 15 is 0 Å². The van der Waals surface area contributed by atoms with Crippen molar-refractivity contribution in [1.82, 2.24) is 9.21 Å². The molecule has 0 atom stereocenters. The van der Waals surface area contributed by atoms with Crippen LogP contribution in [0.3, 0.4) is 0 Å². The minimum absolute atomic E-state index is 0.0653. The Morgan fingerprint density at radius 1 is 1.00 bits per heavy atom. The number of carbonyl (C=O) groups excluding carboxylic acids is 1. The molecular weight excluding hydrogens is 404 g/mol. The molecule has 7 heteroatoms. The molecule has 0 radical (unpaired) electrons. The van der Waals surface area contributed by atoms with Crippen molar-refractivity contribution in [2.24, 2.45) is 0 Å². The van der Waals surface area contributed by atoms with Crippen LogP contribution in [0.4, 0.5) is 0 Å². The van der Waals surface area contributed by atoms with E-state index in [2.05, 4.69) is 6.08 Å². The summed E-state index contributed by atoms with van der Waals surface area (Å²) in [6, 6.07) is 16.9. The minimum Gasteiger partial charge on any atom is -0.339 e. The second kappa shape index (κ2) is 10.1. The van der Waals surface area contributed by atoms with Gasteiger partial charge in [0, 0.05) is 31.9 Å². The Hall–Kier alpha value is -2.09. The lowest BCUT2D eigenvalue weighted by molar-refractivity contribution is -0.129. The van der Waals surface area contributed by atoms with Gasteiger partial charge in [0.1, 0.15) is 0 Å². The van der Waals surface area contributed by atoms with Gasteiger partial charge >= 0.3 is 0 Å². The van der Waals surface area contributed by atoms with Gasteiger partial charge in [-0.3, -0.25) is 4.79 Å². The molecule has 0 saturated carbocycles. The molecule has 5 nitrogen and oxygen atoms in total. The maximum atomic E-state index is 12.7. The molecule has 1 aliphatic rings. The molecule has 2 aromatic carbocycles. The number of nitrogens with zero attached hydrogens (tertiary/aromatic N) is 2. The zero-order chi connectivity index (χ0) is 20.7. The Morgan fingerprint density at radius 2 is 1.66 bits per heavy atom. The van der Waals surface area contributed by atoms with Gasteiger partial charge in [0.2, 0.25) is 15.9 Å². The number of sulfonamides is 1. The number of amides is 1. The molecule has 0 bridgehead atoms. The topological polar surface area (TPSA) is 57.7 Å². The lowest BCUT2D eigenvalue weighted by Crippen LogP contribution is -2.50. The fraction of sp³-hybridized carbons (Fsp3) is 0.318. The normalized spacial score (nSPS) is 15.7. The zero-order valence-electron chi connectivity index (χ0n) is 16.5. The average molecular weight is 431 g/mol. The summed E-state index contributed by atoms with van der Waals surface area (Å²) in [5, 5.41) is 0. The van der Waals surface area contributed by atoms with Gasteiger partial charge in [0.15, 0.2) is 0 Å². The number of carbonyl (C=O) groups is 1. The summed E-state index contributed by atoms with van der Waals surface area (Å²) in [5.74, 6) is 1.24. The minimum atomic E-state index is -3.50. The van der Waals surface area contributed by atoms with Gasteiger partial charge in [-0.1, -0.05) is 60.2 Å². The van der Waals surface area contributed by atoms with E-state index in [0.29, 0.717) is 36.8 Å². The van der Waals surface area contributed by atoms with Crippen LogP contribution in [0.25, 0.3) is 6.08 Å². The highest BCUT2D eigenvalue weighted by molar-refractivity contribution is 8.00. The van der Waals surface area contributed by atoms with Gasteiger partial charge in [0.25, 0.3) is 0 Å². The molecular formula is C22H26N2O3S2. The highest BCUT2D eigenvalue weighted by Gasteiger charge is 2.29. The second-order valence-electron chi connectivity index (χ2n) is 6.93. The highest BCUT2D eigenvalue weighted by Crippen LogP contribution is 2.18. The van der Waals surface area contributed by atoms with Crippen LogP contribution in [0.5, 0.6) is 0 Å². The predicted octanol–water partition coefficient (Wildman–Crippen LogP) is 3.27. The number of hydrogen-bond acceptors (Lipinski definition) is 4. The van der Waals surface area contributed by atoms with Gasteiger partial charge in [0.05, 0.1) is 10.6 Å². The number of piperazine rings is 1. The molecule has 1 aliphatic heterocycles. The van der Waals surface area contributed by atoms with Crippen molar-refractivity contribution in [2.45, 2.75) is 11.8 Å². The summed E-state index contributed by atoms with van der Waals surface area (Å²) < 4.78 is 27.0. The first kappa shape index (κ1) is 21.6. The second-order valence-corrected chi connectivity index (χ2v) is 9.89. The van der Waals surface area contributed by atoms with Gasteiger partial charge < -0.3 is 4.90 Å². The number of hydrogen-bond donors (Lipinski definition) is 0. The summed E-state index contributed by atoms with van der Waals surface area (Å²) in [6.07, 6.45) is 4.10. The van der Waals surface area contributed by atoms with E-state index in [-0.39, 0.29) is 5.91 Å². The van der Waals surface area contributed by atoms with E-state index in [1.165, 1.54) is 4.31 Å². The van der Waals surface area contributed by atoms with Gasteiger partial charge in [-0.25, -0.2) is 8.42 Å². The molecule has 3 rings (SSSR count). The Morgan fingerprint density at radius 3 is 2.31 bits per heavy atom. The molecule has 1 amide bonds. The van der Waals surface area contributed by atoms with Crippen LogP contribution in [-0.4, -0.2) is 61.2 Å². The molecule has 0 N–H and O–H groups in total. The fourth-order valence-electron chi connectivity index (χ4n) is 3.09. The number of thioether (sulfide) groups is 1. The van der Waals surface area contributed by atoms with Crippen LogP contribution >= 0.6 is 11.8 Å². The Bertz CT molecular complexity index is 934. The third-order valence-electron chi connectivity index (χ3n) is 4.80. The van der Waals surface area contributed by atoms with Crippen molar-refractivity contribution in [3.8, 4) is 0 Å². The van der Waals surface area contributed by atoms with E-state index in [0.717, 1.165) is 16.9 Å². The molecule has 1 saturated heterocycles. The van der Waals surface area contributed by atoms with E-state index in [4.69, 9.17) is 0 Å². The van der Waals surface area contributed by atoms with Crippen LogP contribution < -0.4 is 0 Å². The largest absolute Gasteiger partial charge is 0.339 e. The summed E-state index contributed by atoms with van der Waals surface area (Å²) in [6.45, 7) is 3.46. The van der Waals surface area contributed by atoms with Crippen LogP contribution in [-0.2, 0) is 14.8 Å². The van der Waals surface area contributed by atoms with Crippen LogP contribution in [0.2, 0.25) is 0 Å². The molecule has 0 aromatic heterocycles. The summed E-state index contributed by atoms with van der Waals surface area (Å²) in [4.78, 5) is 14.5. The summed E-state index contributed by atoms with van der Waals surface area (Å²) in [7, 11) is -3.50. The van der Waals surface area contributed by atoms with E-state index < -0.39 is 10.0 Å². The van der Waals surface area contributed by atoms with Crippen LogP contribution in [0.1, 0.15) is 11.1 Å². The quantitative estimate of drug-likeness (QED) is 0.633. The molecule has 0 unspecified atom stereocenters. The first-order valence-electron chi connectivity index (χ1n) is 9.61. The monoisotopic (exact) mass is 430 g/mol. The van der Waals surface area contributed by atoms with Crippen molar-refractivity contribution in [3.63, 3.8) is 0 Å². The summed E-state index contributed by atoms with van der Waals surface area (Å²) in [5.41, 5.74) is 2.17. The fourth-order valence-corrected chi connectivity index (χ4v) is 5.22. The zero-order valence-corrected chi connectivity index (χ0v) is 18.2. The molecule has 1 heterocycles. The van der Waals surface area contributed by atoms with E-state index in [1.54, 1.807) is 40.9 Å². The van der Waals surface area contributed by atoms with Gasteiger partial charge in [-0.05, 0) is 24.6 Å². The van der Waals surface area contributed by atoms with E-state index in [1.807, 2.05) is 43.3 Å². The number of rotatable bonds is 7. The van der Waals surface area contributed by atoms with Crippen LogP contribution in [0.15, 0.2) is 65.6 Å². The standard InChI is InChI=1S/C22H26N2O3S2/c1-19-9-11-21(12-10-19)29(26,27)24-15-13-23(14-16-24)22(25)18-28-17-5-8-20-6-3-2-4-7-20/h2-12H,13-18H2,1H3/b8-5+. The van der Waals surface area contributed by atoms with Crippen LogP contribution in [0, 0.1) is 6.92 Å². The molecule has 29 heavy (non-hydrogen) atoms. The maximum Gasteiger partial charge on any atom is 0.243 e. The van der Waals surface area contributed by atoms with Crippen molar-refractivity contribution in [3.05, 3.63) is 71.8 Å². The number of benzene rings is 2. The van der Waals surface area contributed by atoms with Crippen molar-refractivity contribution in [1.29, 1.82) is 0 Å². The Kier molecular flexibility index (Phi) is 7.52. The molecule has 1 fully saturated rings. The van der Waals surface area contributed by atoms with Crippen molar-refractivity contribution in [2.75, 3.05) is 37.7 Å². The maximum absolute atomic E-state index is 12.7. The molecule has 0 aliphatic carbocycles. The molecule has 2 aromatic rings. The summed E-state index contributed by atoms with van der Waals surface area (Å²) >= 11 is 1.57. The predicted molar refractivity (Wildman–Crippen MR) is 119 cm³/mol. The van der Waals surface area contributed by atoms with E-state index in [9.17, 15) is 13.2 Å². The Labute approximate surface area is 177 Å². The Balaban J connectivity index is 1.43. The smallest absolute Gasteiger partial charge is 0.243 e. The first-order chi connectivity index (χ1) is 14.0. The van der Waals surface area contributed by atoms with Crippen molar-refractivity contribution >= 4 is 33.8 Å². The average Bonchev–Trinajstić information content (AvgIpc) is 2.74. The first-order valence-corrected chi connectivity index (χ1v) is 12.2. The highest BCUT2D eigenvalue weighted by atomic mass is 32.2. The molecule has 154 valence electrons.